The third-order valence-electron chi connectivity index (χ3n) is 1.14. The zero-order valence-electron chi connectivity index (χ0n) is 6.00. The maximum absolute atomic E-state index is 3.03. The van der Waals surface area contributed by atoms with Crippen LogP contribution in [-0.2, 0) is 15.9 Å². The number of nitrogens with zero attached hydrogens (tertiary/aromatic N) is 1. The minimum atomic E-state index is 1.20. The summed E-state index contributed by atoms with van der Waals surface area (Å²) >= 11 is 4.78. The van der Waals surface area contributed by atoms with Gasteiger partial charge >= 0.3 is 73.1 Å². The second kappa shape index (κ2) is 3.45. The van der Waals surface area contributed by atoms with Gasteiger partial charge < -0.3 is 0 Å². The summed E-state index contributed by atoms with van der Waals surface area (Å²) < 4.78 is 1.20. The fraction of sp³-hybridized carbons (Fsp3) is 0.286. The Hall–Kier alpha value is 0.0625. The van der Waals surface area contributed by atoms with Gasteiger partial charge in [0, 0.05) is 0 Å². The van der Waals surface area contributed by atoms with Crippen molar-refractivity contribution in [3.63, 3.8) is 0 Å². The van der Waals surface area contributed by atoms with E-state index in [0.29, 0.717) is 0 Å². The Balaban J connectivity index is 2.78. The van der Waals surface area contributed by atoms with Gasteiger partial charge in [-0.1, -0.05) is 0 Å². The zero-order valence-corrected chi connectivity index (χ0v) is 8.09. The molecule has 0 aliphatic carbocycles. The molecule has 0 saturated carbocycles. The zero-order chi connectivity index (χ0) is 7.56. The van der Waals surface area contributed by atoms with Crippen molar-refractivity contribution in [2.75, 3.05) is 14.1 Å². The molecule has 0 atom stereocenters. The second-order valence-corrected chi connectivity index (χ2v) is 3.73. The first kappa shape index (κ1) is 8.16. The summed E-state index contributed by atoms with van der Waals surface area (Å²) in [7, 11) is 4.07. The third-order valence-corrected chi connectivity index (χ3v) is 3.14. The van der Waals surface area contributed by atoms with Gasteiger partial charge in [-0.2, -0.15) is 0 Å². The maximum atomic E-state index is 3.03. The van der Waals surface area contributed by atoms with E-state index in [4.69, 9.17) is 0 Å². The van der Waals surface area contributed by atoms with Crippen LogP contribution in [0, 0.1) is 0 Å². The van der Waals surface area contributed by atoms with Crippen molar-refractivity contribution >= 4 is 15.8 Å². The van der Waals surface area contributed by atoms with Gasteiger partial charge in [0.2, 0.25) is 0 Å². The van der Waals surface area contributed by atoms with E-state index in [-0.39, 0.29) is 0 Å². The molecule has 0 fully saturated rings. The van der Waals surface area contributed by atoms with Gasteiger partial charge in [-0.05, 0) is 0 Å². The molecule has 0 N–H and O–H groups in total. The molecule has 0 amide bonds. The van der Waals surface area contributed by atoms with Crippen molar-refractivity contribution in [2.45, 2.75) is 0 Å². The molecule has 3 heteroatoms. The molecule has 1 nitrogen and oxygen atoms in total. The van der Waals surface area contributed by atoms with Crippen molar-refractivity contribution in [3.05, 3.63) is 22.4 Å². The Morgan fingerprint density at radius 1 is 1.60 bits per heavy atom. The van der Waals surface area contributed by atoms with Gasteiger partial charge in [0.05, 0.1) is 0 Å². The summed E-state index contributed by atoms with van der Waals surface area (Å²) in [6, 6.07) is 4.16. The van der Waals surface area contributed by atoms with Crippen molar-refractivity contribution < 1.29 is 15.9 Å². The van der Waals surface area contributed by atoms with Crippen LogP contribution in [0.2, 0.25) is 0 Å². The van der Waals surface area contributed by atoms with E-state index in [0.717, 1.165) is 0 Å². The number of hydrogen-bond acceptors (Lipinski definition) is 2. The molecular weight excluding hydrogens is 182 g/mol. The Kier molecular flexibility index (Phi) is 2.82. The molecule has 0 aromatic carbocycles. The molecule has 0 spiro atoms. The fourth-order valence-corrected chi connectivity index (χ4v) is 1.70. The predicted molar refractivity (Wildman–Crippen MR) is 42.1 cm³/mol. The summed E-state index contributed by atoms with van der Waals surface area (Å²) in [5, 5.41) is 2.08. The van der Waals surface area contributed by atoms with Gasteiger partial charge in [-0.15, -0.1) is 0 Å². The SMILES string of the molecule is CN(C)[C](=[Cr])c1cccs1. The molecule has 0 aliphatic rings. The number of hydrogen-bond donors (Lipinski definition) is 0. The Morgan fingerprint density at radius 3 is 2.70 bits per heavy atom. The van der Waals surface area contributed by atoms with Gasteiger partial charge in [-0.3, -0.25) is 0 Å². The van der Waals surface area contributed by atoms with E-state index >= 15 is 0 Å². The van der Waals surface area contributed by atoms with Gasteiger partial charge in [0.15, 0.2) is 0 Å². The topological polar surface area (TPSA) is 3.24 Å². The van der Waals surface area contributed by atoms with E-state index < -0.39 is 0 Å². The Morgan fingerprint density at radius 2 is 2.30 bits per heavy atom. The van der Waals surface area contributed by atoms with Crippen LogP contribution in [0.1, 0.15) is 4.88 Å². The van der Waals surface area contributed by atoms with Crippen LogP contribution in [0.5, 0.6) is 0 Å². The molecular formula is C7H9CrNS. The van der Waals surface area contributed by atoms with Crippen LogP contribution >= 0.6 is 11.3 Å². The molecule has 1 aromatic rings. The van der Waals surface area contributed by atoms with E-state index in [1.807, 2.05) is 14.1 Å². The summed E-state index contributed by atoms with van der Waals surface area (Å²) in [5.41, 5.74) is 0. The average molecular weight is 191 g/mol. The molecule has 0 unspecified atom stereocenters. The van der Waals surface area contributed by atoms with Crippen LogP contribution < -0.4 is 0 Å². The van der Waals surface area contributed by atoms with Crippen LogP contribution in [0.15, 0.2) is 17.5 Å². The molecule has 54 valence electrons. The van der Waals surface area contributed by atoms with E-state index in [2.05, 4.69) is 38.3 Å². The van der Waals surface area contributed by atoms with Gasteiger partial charge in [-0.25, -0.2) is 0 Å². The second-order valence-electron chi connectivity index (χ2n) is 2.18. The molecule has 0 saturated heterocycles. The Bertz CT molecular complexity index is 216. The van der Waals surface area contributed by atoms with Crippen molar-refractivity contribution in [3.8, 4) is 0 Å². The monoisotopic (exact) mass is 191 g/mol. The average Bonchev–Trinajstić information content (AvgIpc) is 2.36. The standard InChI is InChI=1S/C7H9NS.Cr/c1-8(2)6-7-4-3-5-9-7;/h3-5H,1-2H3;. The summed E-state index contributed by atoms with van der Waals surface area (Å²) in [6.45, 7) is 0. The fourth-order valence-electron chi connectivity index (χ4n) is 0.621. The first-order valence-electron chi connectivity index (χ1n) is 2.97. The molecule has 1 heterocycles. The first-order valence-corrected chi connectivity index (χ1v) is 4.48. The first-order chi connectivity index (χ1) is 4.72. The van der Waals surface area contributed by atoms with E-state index in [1.54, 1.807) is 11.3 Å². The molecule has 1 aromatic heterocycles. The van der Waals surface area contributed by atoms with Gasteiger partial charge in [0.1, 0.15) is 0 Å². The summed E-state index contributed by atoms with van der Waals surface area (Å²) in [5.74, 6) is 0. The third kappa shape index (κ3) is 1.77. The molecule has 0 aliphatic heterocycles. The van der Waals surface area contributed by atoms with Crippen LogP contribution in [0.4, 0.5) is 0 Å². The minimum absolute atomic E-state index is 1.20. The van der Waals surface area contributed by atoms with Crippen LogP contribution in [-0.4, -0.2) is 23.5 Å². The molecule has 10 heavy (non-hydrogen) atoms. The van der Waals surface area contributed by atoms with E-state index in [1.165, 1.54) is 9.38 Å². The number of thiophene rings is 1. The quantitative estimate of drug-likeness (QED) is 0.681. The normalized spacial score (nSPS) is 10.3. The van der Waals surface area contributed by atoms with Crippen molar-refractivity contribution in [1.29, 1.82) is 0 Å². The Labute approximate surface area is 73.2 Å². The summed E-state index contributed by atoms with van der Waals surface area (Å²) in [6.07, 6.45) is 0. The van der Waals surface area contributed by atoms with Crippen molar-refractivity contribution in [1.82, 2.24) is 4.90 Å². The van der Waals surface area contributed by atoms with Gasteiger partial charge in [0.25, 0.3) is 0 Å². The summed E-state index contributed by atoms with van der Waals surface area (Å²) in [4.78, 5) is 3.37. The van der Waals surface area contributed by atoms with Crippen molar-refractivity contribution in [2.24, 2.45) is 0 Å². The molecule has 0 radical (unpaired) electrons. The van der Waals surface area contributed by atoms with Crippen LogP contribution in [0.25, 0.3) is 0 Å². The van der Waals surface area contributed by atoms with Crippen LogP contribution in [0.3, 0.4) is 0 Å². The molecule has 0 bridgehead atoms. The van der Waals surface area contributed by atoms with E-state index in [9.17, 15) is 0 Å². The number of rotatable bonds is 2. The molecule has 1 rings (SSSR count). The predicted octanol–water partition coefficient (Wildman–Crippen LogP) is 1.33.